The molecular formula is C23H26FN5O. The first-order valence-corrected chi connectivity index (χ1v) is 10.6. The number of amides is 1. The molecule has 3 N–H and O–H groups in total. The van der Waals surface area contributed by atoms with Gasteiger partial charge in [0.25, 0.3) is 0 Å². The van der Waals surface area contributed by atoms with Crippen molar-refractivity contribution >= 4 is 22.8 Å². The van der Waals surface area contributed by atoms with E-state index < -0.39 is 0 Å². The van der Waals surface area contributed by atoms with Crippen LogP contribution in [0.2, 0.25) is 0 Å². The summed E-state index contributed by atoms with van der Waals surface area (Å²) in [5.74, 6) is 0.397. The first-order valence-electron chi connectivity index (χ1n) is 10.6. The number of rotatable bonds is 3. The van der Waals surface area contributed by atoms with Crippen molar-refractivity contribution < 1.29 is 9.18 Å². The second-order valence-electron chi connectivity index (χ2n) is 8.73. The molecule has 5 rings (SSSR count). The molecule has 1 unspecified atom stereocenters. The third-order valence-electron chi connectivity index (χ3n) is 7.12. The fourth-order valence-electron chi connectivity index (χ4n) is 5.59. The molecular weight excluding hydrogens is 381 g/mol. The van der Waals surface area contributed by atoms with Crippen LogP contribution in [0.15, 0.2) is 30.7 Å². The van der Waals surface area contributed by atoms with Gasteiger partial charge in [0, 0.05) is 42.8 Å². The van der Waals surface area contributed by atoms with Crippen LogP contribution in [0.3, 0.4) is 0 Å². The monoisotopic (exact) mass is 407 g/mol. The molecule has 2 fully saturated rings. The molecule has 1 saturated carbocycles. The maximum Gasteiger partial charge on any atom is 0.220 e. The van der Waals surface area contributed by atoms with E-state index in [-0.39, 0.29) is 23.1 Å². The van der Waals surface area contributed by atoms with Gasteiger partial charge in [-0.05, 0) is 30.4 Å². The van der Waals surface area contributed by atoms with Gasteiger partial charge in [-0.15, -0.1) is 0 Å². The largest absolute Gasteiger partial charge is 0.383 e. The smallest absolute Gasteiger partial charge is 0.220 e. The number of benzene rings is 1. The highest BCUT2D eigenvalue weighted by Crippen LogP contribution is 2.48. The van der Waals surface area contributed by atoms with E-state index in [1.54, 1.807) is 6.07 Å². The van der Waals surface area contributed by atoms with E-state index in [0.717, 1.165) is 31.2 Å². The predicted octanol–water partition coefficient (Wildman–Crippen LogP) is 3.69. The van der Waals surface area contributed by atoms with E-state index >= 15 is 4.39 Å². The van der Waals surface area contributed by atoms with Crippen LogP contribution in [0, 0.1) is 11.7 Å². The summed E-state index contributed by atoms with van der Waals surface area (Å²) in [4.78, 5) is 20.3. The number of halogens is 1. The number of hydrogen-bond donors (Lipinski definition) is 2. The van der Waals surface area contributed by atoms with Gasteiger partial charge >= 0.3 is 0 Å². The average Bonchev–Trinajstić information content (AvgIpc) is 3.33. The molecule has 0 bridgehead atoms. The molecule has 3 aromatic rings. The van der Waals surface area contributed by atoms with E-state index in [1.165, 1.54) is 12.7 Å². The Morgan fingerprint density at radius 2 is 2.00 bits per heavy atom. The summed E-state index contributed by atoms with van der Waals surface area (Å²) in [5.41, 5.74) is 8.84. The maximum atomic E-state index is 15.5. The van der Waals surface area contributed by atoms with Gasteiger partial charge < -0.3 is 15.6 Å². The van der Waals surface area contributed by atoms with Crippen molar-refractivity contribution in [2.45, 2.75) is 43.9 Å². The van der Waals surface area contributed by atoms with Gasteiger partial charge in [-0.3, -0.25) is 4.79 Å². The third kappa shape index (κ3) is 2.87. The number of nitrogen functional groups attached to an aromatic ring is 1. The van der Waals surface area contributed by atoms with Crippen LogP contribution in [0.4, 0.5) is 10.2 Å². The third-order valence-corrected chi connectivity index (χ3v) is 7.12. The van der Waals surface area contributed by atoms with Crippen molar-refractivity contribution in [3.05, 3.63) is 42.1 Å². The zero-order valence-corrected chi connectivity index (χ0v) is 17.1. The van der Waals surface area contributed by atoms with E-state index in [1.807, 2.05) is 29.9 Å². The number of fused-ring (bicyclic) bond motifs is 1. The minimum atomic E-state index is -0.273. The molecule has 1 aliphatic carbocycles. The Bertz CT molecular complexity index is 1130. The second-order valence-corrected chi connectivity index (χ2v) is 8.73. The molecule has 1 amide bonds. The van der Waals surface area contributed by atoms with Crippen molar-refractivity contribution in [3.8, 4) is 11.1 Å². The quantitative estimate of drug-likeness (QED) is 0.693. The van der Waals surface area contributed by atoms with Crippen LogP contribution < -0.4 is 11.1 Å². The summed E-state index contributed by atoms with van der Waals surface area (Å²) in [7, 11) is 1.87. The Morgan fingerprint density at radius 3 is 2.70 bits per heavy atom. The number of nitrogens with zero attached hydrogens (tertiary/aromatic N) is 3. The molecule has 1 atom stereocenters. The topological polar surface area (TPSA) is 85.8 Å². The highest BCUT2D eigenvalue weighted by atomic mass is 19.1. The summed E-state index contributed by atoms with van der Waals surface area (Å²) < 4.78 is 17.4. The summed E-state index contributed by atoms with van der Waals surface area (Å²) >= 11 is 0. The van der Waals surface area contributed by atoms with Crippen molar-refractivity contribution in [1.82, 2.24) is 19.9 Å². The van der Waals surface area contributed by atoms with Crippen LogP contribution in [0.1, 0.15) is 44.1 Å². The van der Waals surface area contributed by atoms with Crippen LogP contribution in [-0.4, -0.2) is 27.0 Å². The van der Waals surface area contributed by atoms with Gasteiger partial charge in [0.2, 0.25) is 5.91 Å². The average molecular weight is 407 g/mol. The van der Waals surface area contributed by atoms with E-state index in [4.69, 9.17) is 5.73 Å². The number of nitrogens with two attached hydrogens (primary N) is 1. The fourth-order valence-corrected chi connectivity index (χ4v) is 5.59. The minimum Gasteiger partial charge on any atom is -0.383 e. The van der Waals surface area contributed by atoms with Crippen LogP contribution in [0.5, 0.6) is 0 Å². The Labute approximate surface area is 174 Å². The van der Waals surface area contributed by atoms with Crippen LogP contribution in [0.25, 0.3) is 22.2 Å². The summed E-state index contributed by atoms with van der Waals surface area (Å²) in [6.45, 7) is 0.680. The van der Waals surface area contributed by atoms with Crippen molar-refractivity contribution in [2.75, 3.05) is 12.3 Å². The van der Waals surface area contributed by atoms with E-state index in [2.05, 4.69) is 15.3 Å². The first-order chi connectivity index (χ1) is 14.5. The molecule has 0 spiro atoms. The molecule has 3 heterocycles. The SMILES string of the molecule is Cn1cc(-c2ccc(C3(C4CNC(=O)C4)CCCCC3)cc2F)c2c(N)ncnc21. The lowest BCUT2D eigenvalue weighted by Gasteiger charge is -2.42. The van der Waals surface area contributed by atoms with Gasteiger partial charge in [0.05, 0.1) is 5.39 Å². The van der Waals surface area contributed by atoms with Gasteiger partial charge in [-0.1, -0.05) is 31.4 Å². The first kappa shape index (κ1) is 19.0. The number of aromatic nitrogens is 3. The fraction of sp³-hybridized carbons (Fsp3) is 0.435. The van der Waals surface area contributed by atoms with Crippen molar-refractivity contribution in [1.29, 1.82) is 0 Å². The zero-order chi connectivity index (χ0) is 20.9. The molecule has 1 aliphatic heterocycles. The van der Waals surface area contributed by atoms with Crippen LogP contribution >= 0.6 is 0 Å². The number of anilines is 1. The van der Waals surface area contributed by atoms with E-state index in [0.29, 0.717) is 40.9 Å². The number of carbonyl (C=O) groups excluding carboxylic acids is 1. The van der Waals surface area contributed by atoms with Crippen molar-refractivity contribution in [2.24, 2.45) is 13.0 Å². The number of hydrogen-bond acceptors (Lipinski definition) is 4. The lowest BCUT2D eigenvalue weighted by atomic mass is 9.61. The van der Waals surface area contributed by atoms with Gasteiger partial charge in [-0.2, -0.15) is 0 Å². The molecule has 1 aromatic carbocycles. The molecule has 30 heavy (non-hydrogen) atoms. The van der Waals surface area contributed by atoms with Crippen molar-refractivity contribution in [3.63, 3.8) is 0 Å². The number of aryl methyl sites for hydroxylation is 1. The molecule has 2 aromatic heterocycles. The molecule has 2 aliphatic rings. The Kier molecular flexibility index (Phi) is 4.49. The molecule has 156 valence electrons. The predicted molar refractivity (Wildman–Crippen MR) is 114 cm³/mol. The molecule has 7 heteroatoms. The number of carbonyl (C=O) groups is 1. The van der Waals surface area contributed by atoms with Gasteiger partial charge in [-0.25, -0.2) is 14.4 Å². The number of nitrogens with one attached hydrogen (secondary N) is 1. The van der Waals surface area contributed by atoms with Gasteiger partial charge in [0.1, 0.15) is 23.6 Å². The Hall–Kier alpha value is -2.96. The molecule has 6 nitrogen and oxygen atoms in total. The minimum absolute atomic E-state index is 0.105. The van der Waals surface area contributed by atoms with Gasteiger partial charge in [0.15, 0.2) is 0 Å². The van der Waals surface area contributed by atoms with Crippen LogP contribution in [-0.2, 0) is 17.3 Å². The lowest BCUT2D eigenvalue weighted by molar-refractivity contribution is -0.119. The van der Waals surface area contributed by atoms with E-state index in [9.17, 15) is 4.79 Å². The highest BCUT2D eigenvalue weighted by Gasteiger charge is 2.44. The highest BCUT2D eigenvalue weighted by molar-refractivity contribution is 6.00. The molecule has 0 radical (unpaired) electrons. The second kappa shape index (κ2) is 7.07. The Balaban J connectivity index is 1.60. The molecule has 1 saturated heterocycles. The lowest BCUT2D eigenvalue weighted by Crippen LogP contribution is -2.38. The summed E-state index contributed by atoms with van der Waals surface area (Å²) in [6.07, 6.45) is 9.23. The normalized spacial score (nSPS) is 21.1. The Morgan fingerprint density at radius 1 is 1.20 bits per heavy atom. The summed E-state index contributed by atoms with van der Waals surface area (Å²) in [5, 5.41) is 3.65. The zero-order valence-electron chi connectivity index (χ0n) is 17.1. The summed E-state index contributed by atoms with van der Waals surface area (Å²) in [6, 6.07) is 5.58. The maximum absolute atomic E-state index is 15.5. The standard InChI is InChI=1S/C23H26FN5O/c1-29-12-17(20-21(25)27-13-28-22(20)29)16-6-5-14(9-18(16)24)23(7-3-2-4-8-23)15-10-19(30)26-11-15/h5-6,9,12-13,15H,2-4,7-8,10-11H2,1H3,(H,26,30)(H2,25,27,28).